The van der Waals surface area contributed by atoms with Gasteiger partial charge in [-0.3, -0.25) is 4.99 Å². The van der Waals surface area contributed by atoms with Crippen LogP contribution in [0, 0.1) is 0 Å². The second-order valence-electron chi connectivity index (χ2n) is 4.96. The number of guanidine groups is 1. The molecule has 0 atom stereocenters. The Morgan fingerprint density at radius 3 is 2.11 bits per heavy atom. The van der Waals surface area contributed by atoms with Gasteiger partial charge in [0.15, 0.2) is 5.96 Å². The molecule has 0 aliphatic carbocycles. The highest BCUT2D eigenvalue weighted by Crippen LogP contribution is 2.26. The van der Waals surface area contributed by atoms with Crippen LogP contribution in [0.2, 0.25) is 0 Å². The fourth-order valence-corrected chi connectivity index (χ4v) is 2.23. The molecule has 1 heterocycles. The largest absolute Gasteiger partial charge is 0.381 e. The van der Waals surface area contributed by atoms with E-state index in [1.54, 1.807) is 0 Å². The third kappa shape index (κ3) is 5.83. The molecule has 6 heteroatoms. The summed E-state index contributed by atoms with van der Waals surface area (Å²) in [5, 5.41) is 6.54. The van der Waals surface area contributed by atoms with E-state index in [0.717, 1.165) is 51.6 Å². The number of hydrogen-bond donors (Lipinski definition) is 2. The molecule has 1 rings (SSSR count). The number of nitrogens with zero attached hydrogens (tertiary/aromatic N) is 2. The Bertz CT molecular complexity index is 257. The number of likely N-dealkylation sites (N-methyl/N-ethyl adjacent to an activating group) is 1. The second kappa shape index (κ2) is 9.77. The highest BCUT2D eigenvalue weighted by Gasteiger charge is 2.34. The second-order valence-corrected chi connectivity index (χ2v) is 4.96. The Morgan fingerprint density at radius 1 is 1.16 bits per heavy atom. The molecule has 0 amide bonds. The number of halogens is 1. The first-order valence-electron chi connectivity index (χ1n) is 6.92. The summed E-state index contributed by atoms with van der Waals surface area (Å²) in [6, 6.07) is 0. The van der Waals surface area contributed by atoms with Crippen LogP contribution in [0.25, 0.3) is 0 Å². The van der Waals surface area contributed by atoms with Gasteiger partial charge in [-0.15, -0.1) is 24.0 Å². The number of aliphatic imine (C=N–C) groups is 1. The average molecular weight is 384 g/mol. The molecule has 0 spiro atoms. The Hall–Kier alpha value is -0.0800. The maximum atomic E-state index is 5.47. The van der Waals surface area contributed by atoms with E-state index in [2.05, 4.69) is 43.5 Å². The van der Waals surface area contributed by atoms with Gasteiger partial charge in [0.25, 0.3) is 0 Å². The molecule has 114 valence electrons. The fourth-order valence-electron chi connectivity index (χ4n) is 2.23. The zero-order valence-corrected chi connectivity index (χ0v) is 15.0. The molecule has 19 heavy (non-hydrogen) atoms. The van der Waals surface area contributed by atoms with Crippen LogP contribution in [0.1, 0.15) is 26.7 Å². The Balaban J connectivity index is 0.00000324. The summed E-state index contributed by atoms with van der Waals surface area (Å²) in [5.41, 5.74) is 0.147. The van der Waals surface area contributed by atoms with Crippen molar-refractivity contribution in [1.29, 1.82) is 0 Å². The van der Waals surface area contributed by atoms with Gasteiger partial charge in [-0.2, -0.15) is 0 Å². The first-order valence-corrected chi connectivity index (χ1v) is 6.92. The molecule has 2 N–H and O–H groups in total. The Labute approximate surface area is 134 Å². The Kier molecular flexibility index (Phi) is 9.72. The molecular weight excluding hydrogens is 355 g/mol. The molecule has 0 aromatic rings. The standard InChI is InChI=1S/C13H28N4O.HI/c1-5-14-12(15-6-2)16-11-13(17(3)4)7-9-18-10-8-13;/h5-11H2,1-4H3,(H2,14,15,16);1H. The van der Waals surface area contributed by atoms with E-state index in [4.69, 9.17) is 9.73 Å². The van der Waals surface area contributed by atoms with Crippen molar-refractivity contribution in [3.63, 3.8) is 0 Å². The van der Waals surface area contributed by atoms with Crippen LogP contribution in [0.15, 0.2) is 4.99 Å². The average Bonchev–Trinajstić information content (AvgIpc) is 2.37. The highest BCUT2D eigenvalue weighted by atomic mass is 127. The third-order valence-corrected chi connectivity index (χ3v) is 3.59. The molecule has 1 saturated heterocycles. The van der Waals surface area contributed by atoms with Crippen LogP contribution in [0.3, 0.4) is 0 Å². The van der Waals surface area contributed by atoms with Gasteiger partial charge in [-0.1, -0.05) is 0 Å². The van der Waals surface area contributed by atoms with Crippen molar-refractivity contribution in [3.8, 4) is 0 Å². The van der Waals surface area contributed by atoms with Crippen molar-refractivity contribution >= 4 is 29.9 Å². The van der Waals surface area contributed by atoms with Gasteiger partial charge < -0.3 is 20.3 Å². The van der Waals surface area contributed by atoms with Gasteiger partial charge in [-0.25, -0.2) is 0 Å². The van der Waals surface area contributed by atoms with Crippen molar-refractivity contribution in [2.45, 2.75) is 32.2 Å². The van der Waals surface area contributed by atoms with Crippen molar-refractivity contribution in [3.05, 3.63) is 0 Å². The summed E-state index contributed by atoms with van der Waals surface area (Å²) < 4.78 is 5.47. The van der Waals surface area contributed by atoms with Crippen LogP contribution in [0.5, 0.6) is 0 Å². The van der Waals surface area contributed by atoms with Gasteiger partial charge in [0.1, 0.15) is 0 Å². The van der Waals surface area contributed by atoms with Crippen LogP contribution in [-0.4, -0.2) is 63.3 Å². The van der Waals surface area contributed by atoms with E-state index < -0.39 is 0 Å². The van der Waals surface area contributed by atoms with Crippen molar-refractivity contribution in [1.82, 2.24) is 15.5 Å². The quantitative estimate of drug-likeness (QED) is 0.426. The maximum absolute atomic E-state index is 5.47. The molecule has 0 aromatic heterocycles. The minimum atomic E-state index is 0. The molecule has 1 aliphatic rings. The monoisotopic (exact) mass is 384 g/mol. The minimum absolute atomic E-state index is 0. The van der Waals surface area contributed by atoms with E-state index in [1.807, 2.05) is 0 Å². The maximum Gasteiger partial charge on any atom is 0.191 e. The van der Waals surface area contributed by atoms with E-state index in [0.29, 0.717) is 0 Å². The predicted octanol–water partition coefficient (Wildman–Crippen LogP) is 1.29. The molecular formula is C13H29IN4O. The summed E-state index contributed by atoms with van der Waals surface area (Å²) in [5.74, 6) is 0.910. The number of hydrogen-bond acceptors (Lipinski definition) is 3. The van der Waals surface area contributed by atoms with E-state index in [1.165, 1.54) is 0 Å². The molecule has 0 radical (unpaired) electrons. The number of ether oxygens (including phenoxy) is 1. The van der Waals surface area contributed by atoms with Gasteiger partial charge in [0.2, 0.25) is 0 Å². The van der Waals surface area contributed by atoms with Crippen LogP contribution >= 0.6 is 24.0 Å². The Morgan fingerprint density at radius 2 is 1.68 bits per heavy atom. The van der Waals surface area contributed by atoms with E-state index in [9.17, 15) is 0 Å². The zero-order valence-electron chi connectivity index (χ0n) is 12.7. The first-order chi connectivity index (χ1) is 8.64. The molecule has 1 aliphatic heterocycles. The minimum Gasteiger partial charge on any atom is -0.381 e. The molecule has 5 nitrogen and oxygen atoms in total. The lowest BCUT2D eigenvalue weighted by molar-refractivity contribution is -0.00254. The number of rotatable bonds is 5. The first kappa shape index (κ1) is 18.9. The van der Waals surface area contributed by atoms with Gasteiger partial charge in [0, 0.05) is 31.8 Å². The van der Waals surface area contributed by atoms with Gasteiger partial charge in [-0.05, 0) is 40.8 Å². The third-order valence-electron chi connectivity index (χ3n) is 3.59. The predicted molar refractivity (Wildman–Crippen MR) is 91.5 cm³/mol. The summed E-state index contributed by atoms with van der Waals surface area (Å²) in [4.78, 5) is 7.02. The lowest BCUT2D eigenvalue weighted by Gasteiger charge is -2.41. The van der Waals surface area contributed by atoms with E-state index in [-0.39, 0.29) is 29.5 Å². The smallest absolute Gasteiger partial charge is 0.191 e. The normalized spacial score (nSPS) is 17.5. The van der Waals surface area contributed by atoms with Crippen molar-refractivity contribution in [2.75, 3.05) is 46.9 Å². The summed E-state index contributed by atoms with van der Waals surface area (Å²) in [6.45, 7) is 8.45. The number of nitrogens with one attached hydrogen (secondary N) is 2. The fraction of sp³-hybridized carbons (Fsp3) is 0.923. The lowest BCUT2D eigenvalue weighted by atomic mass is 9.89. The SMILES string of the molecule is CCNC(=NCC1(N(C)C)CCOCC1)NCC.I. The van der Waals surface area contributed by atoms with E-state index >= 15 is 0 Å². The molecule has 0 aromatic carbocycles. The molecule has 1 fully saturated rings. The van der Waals surface area contributed by atoms with Crippen LogP contribution in [0.4, 0.5) is 0 Å². The van der Waals surface area contributed by atoms with Gasteiger partial charge >= 0.3 is 0 Å². The van der Waals surface area contributed by atoms with Crippen molar-refractivity contribution in [2.24, 2.45) is 4.99 Å². The summed E-state index contributed by atoms with van der Waals surface area (Å²) in [7, 11) is 4.28. The highest BCUT2D eigenvalue weighted by molar-refractivity contribution is 14.0. The topological polar surface area (TPSA) is 48.9 Å². The summed E-state index contributed by atoms with van der Waals surface area (Å²) in [6.07, 6.45) is 2.10. The zero-order chi connectivity index (χ0) is 13.4. The summed E-state index contributed by atoms with van der Waals surface area (Å²) >= 11 is 0. The van der Waals surface area contributed by atoms with Crippen LogP contribution < -0.4 is 10.6 Å². The van der Waals surface area contributed by atoms with Crippen molar-refractivity contribution < 1.29 is 4.74 Å². The molecule has 0 bridgehead atoms. The lowest BCUT2D eigenvalue weighted by Crippen LogP contribution is -2.51. The molecule has 0 unspecified atom stereocenters. The van der Waals surface area contributed by atoms with Crippen LogP contribution in [-0.2, 0) is 4.74 Å². The van der Waals surface area contributed by atoms with Gasteiger partial charge in [0.05, 0.1) is 6.54 Å². The molecule has 0 saturated carbocycles.